The van der Waals surface area contributed by atoms with Crippen molar-refractivity contribution < 1.29 is 14.3 Å². The molecule has 0 saturated carbocycles. The first kappa shape index (κ1) is 21.5. The number of ether oxygens (including phenoxy) is 2. The van der Waals surface area contributed by atoms with Gasteiger partial charge in [-0.15, -0.1) is 0 Å². The van der Waals surface area contributed by atoms with Gasteiger partial charge in [-0.2, -0.15) is 0 Å². The summed E-state index contributed by atoms with van der Waals surface area (Å²) >= 11 is 6.35. The number of hydrogen-bond acceptors (Lipinski definition) is 3. The molecule has 5 rings (SSSR count). The molecule has 2 aromatic carbocycles. The number of rotatable bonds is 5. The summed E-state index contributed by atoms with van der Waals surface area (Å²) in [7, 11) is 0. The van der Waals surface area contributed by atoms with Crippen LogP contribution in [-0.4, -0.2) is 47.5 Å². The summed E-state index contributed by atoms with van der Waals surface area (Å²) in [6.07, 6.45) is 4.08. The van der Waals surface area contributed by atoms with Crippen LogP contribution in [0.3, 0.4) is 0 Å². The predicted molar refractivity (Wildman–Crippen MR) is 126 cm³/mol. The van der Waals surface area contributed by atoms with Crippen LogP contribution in [0.25, 0.3) is 10.9 Å². The molecule has 0 N–H and O–H groups in total. The quantitative estimate of drug-likeness (QED) is 0.534. The van der Waals surface area contributed by atoms with Gasteiger partial charge in [0, 0.05) is 66.9 Å². The Morgan fingerprint density at radius 1 is 1.09 bits per heavy atom. The molecule has 0 bridgehead atoms. The number of aromatic nitrogens is 1. The first-order valence-electron chi connectivity index (χ1n) is 11.5. The molecular weight excluding hydrogens is 424 g/mol. The summed E-state index contributed by atoms with van der Waals surface area (Å²) in [5.41, 5.74) is 3.44. The fourth-order valence-electron chi connectivity index (χ4n) is 5.13. The van der Waals surface area contributed by atoms with Gasteiger partial charge in [-0.05, 0) is 36.2 Å². The third kappa shape index (κ3) is 4.05. The van der Waals surface area contributed by atoms with Crippen molar-refractivity contribution in [2.24, 2.45) is 0 Å². The van der Waals surface area contributed by atoms with Gasteiger partial charge in [0.1, 0.15) is 0 Å². The maximum atomic E-state index is 13.5. The number of halogens is 1. The number of benzene rings is 2. The number of aryl methyl sites for hydroxylation is 1. The lowest BCUT2D eigenvalue weighted by atomic mass is 9.87. The minimum absolute atomic E-state index is 0.0613. The monoisotopic (exact) mass is 452 g/mol. The van der Waals surface area contributed by atoms with Gasteiger partial charge in [-0.3, -0.25) is 4.79 Å². The van der Waals surface area contributed by atoms with E-state index in [1.807, 2.05) is 23.1 Å². The molecule has 32 heavy (non-hydrogen) atoms. The van der Waals surface area contributed by atoms with E-state index in [0.717, 1.165) is 24.9 Å². The molecule has 6 heteroatoms. The molecule has 0 aliphatic carbocycles. The zero-order chi connectivity index (χ0) is 22.1. The largest absolute Gasteiger partial charge is 0.347 e. The van der Waals surface area contributed by atoms with Crippen LogP contribution in [-0.2, 0) is 20.8 Å². The number of carbonyl (C=O) groups is 1. The number of carbonyl (C=O) groups excluding carboxylic acids is 1. The van der Waals surface area contributed by atoms with Gasteiger partial charge >= 0.3 is 0 Å². The minimum atomic E-state index is -0.475. The maximum Gasteiger partial charge on any atom is 0.223 e. The number of para-hydroxylation sites is 1. The second-order valence-corrected chi connectivity index (χ2v) is 9.12. The van der Waals surface area contributed by atoms with Crippen molar-refractivity contribution in [2.45, 2.75) is 44.4 Å². The van der Waals surface area contributed by atoms with E-state index in [4.69, 9.17) is 21.1 Å². The van der Waals surface area contributed by atoms with Crippen LogP contribution in [0, 0.1) is 0 Å². The van der Waals surface area contributed by atoms with E-state index in [2.05, 4.69) is 48.0 Å². The summed E-state index contributed by atoms with van der Waals surface area (Å²) < 4.78 is 13.9. The zero-order valence-corrected chi connectivity index (χ0v) is 19.2. The van der Waals surface area contributed by atoms with Crippen molar-refractivity contribution in [1.29, 1.82) is 0 Å². The van der Waals surface area contributed by atoms with Gasteiger partial charge < -0.3 is 18.9 Å². The topological polar surface area (TPSA) is 43.7 Å². The Kier molecular flexibility index (Phi) is 5.97. The van der Waals surface area contributed by atoms with Crippen molar-refractivity contribution >= 4 is 28.4 Å². The van der Waals surface area contributed by atoms with Gasteiger partial charge in [0.25, 0.3) is 0 Å². The first-order valence-corrected chi connectivity index (χ1v) is 11.9. The molecule has 2 fully saturated rings. The standard InChI is InChI=1S/C26H29ClN2O3/c1-2-28-18-23(21-8-3-4-9-24(21)28)22(19-6-5-7-20(27)16-19)17-25(30)29-12-10-26(11-13-29)31-14-15-32-26/h3-9,16,18,22H,2,10-15,17H2,1H3/t22-/m0/s1. The van der Waals surface area contributed by atoms with Crippen molar-refractivity contribution in [3.05, 3.63) is 70.9 Å². The highest BCUT2D eigenvalue weighted by Gasteiger charge is 2.41. The summed E-state index contributed by atoms with van der Waals surface area (Å²) in [6.45, 7) is 5.64. The second-order valence-electron chi connectivity index (χ2n) is 8.69. The van der Waals surface area contributed by atoms with Crippen LogP contribution in [0.1, 0.15) is 43.2 Å². The highest BCUT2D eigenvalue weighted by Crippen LogP contribution is 2.37. The second kappa shape index (κ2) is 8.89. The lowest BCUT2D eigenvalue weighted by Crippen LogP contribution is -2.47. The molecule has 0 radical (unpaired) electrons. The van der Waals surface area contributed by atoms with Crippen LogP contribution in [0.4, 0.5) is 0 Å². The molecule has 2 aliphatic heterocycles. The van der Waals surface area contributed by atoms with E-state index in [9.17, 15) is 4.79 Å². The Balaban J connectivity index is 1.45. The predicted octanol–water partition coefficient (Wildman–Crippen LogP) is 5.20. The van der Waals surface area contributed by atoms with Gasteiger partial charge in [-0.1, -0.05) is 41.9 Å². The van der Waals surface area contributed by atoms with Crippen LogP contribution in [0.5, 0.6) is 0 Å². The number of nitrogens with zero attached hydrogens (tertiary/aromatic N) is 2. The number of piperidine rings is 1. The normalized spacial score (nSPS) is 19.0. The van der Waals surface area contributed by atoms with Crippen molar-refractivity contribution in [1.82, 2.24) is 9.47 Å². The van der Waals surface area contributed by atoms with E-state index >= 15 is 0 Å². The highest BCUT2D eigenvalue weighted by molar-refractivity contribution is 6.30. The lowest BCUT2D eigenvalue weighted by molar-refractivity contribution is -0.187. The van der Waals surface area contributed by atoms with Gasteiger partial charge in [0.2, 0.25) is 5.91 Å². The van der Waals surface area contributed by atoms with Crippen molar-refractivity contribution in [2.75, 3.05) is 26.3 Å². The maximum absolute atomic E-state index is 13.5. The van der Waals surface area contributed by atoms with Crippen LogP contribution >= 0.6 is 11.6 Å². The van der Waals surface area contributed by atoms with Gasteiger partial charge in [0.15, 0.2) is 5.79 Å². The molecule has 2 aliphatic rings. The van der Waals surface area contributed by atoms with E-state index in [-0.39, 0.29) is 11.8 Å². The molecule has 1 spiro atoms. The van der Waals surface area contributed by atoms with Crippen LogP contribution in [0.15, 0.2) is 54.7 Å². The van der Waals surface area contributed by atoms with E-state index < -0.39 is 5.79 Å². The molecule has 2 saturated heterocycles. The van der Waals surface area contributed by atoms with Crippen LogP contribution < -0.4 is 0 Å². The molecule has 1 atom stereocenters. The Morgan fingerprint density at radius 2 is 1.84 bits per heavy atom. The average Bonchev–Trinajstić information content (AvgIpc) is 3.42. The smallest absolute Gasteiger partial charge is 0.223 e. The molecule has 1 amide bonds. The third-order valence-corrected chi connectivity index (χ3v) is 7.09. The van der Waals surface area contributed by atoms with E-state index in [1.165, 1.54) is 16.5 Å². The molecule has 3 aromatic rings. The SMILES string of the molecule is CCn1cc([C@@H](CC(=O)N2CCC3(CC2)OCCO3)c2cccc(Cl)c2)c2ccccc21. The Labute approximate surface area is 193 Å². The van der Waals surface area contributed by atoms with E-state index in [1.54, 1.807) is 0 Å². The number of hydrogen-bond donors (Lipinski definition) is 0. The number of amides is 1. The van der Waals surface area contributed by atoms with Crippen molar-refractivity contribution in [3.63, 3.8) is 0 Å². The van der Waals surface area contributed by atoms with Crippen LogP contribution in [0.2, 0.25) is 5.02 Å². The van der Waals surface area contributed by atoms with E-state index in [0.29, 0.717) is 37.7 Å². The Bertz CT molecular complexity index is 1110. The van der Waals surface area contributed by atoms with Gasteiger partial charge in [0.05, 0.1) is 13.2 Å². The summed E-state index contributed by atoms with van der Waals surface area (Å²) in [4.78, 5) is 15.4. The molecular formula is C26H29ClN2O3. The zero-order valence-electron chi connectivity index (χ0n) is 18.4. The average molecular weight is 453 g/mol. The molecule has 3 heterocycles. The highest BCUT2D eigenvalue weighted by atomic mass is 35.5. The Hall–Kier alpha value is -2.34. The fourth-order valence-corrected chi connectivity index (χ4v) is 5.33. The summed E-state index contributed by atoms with van der Waals surface area (Å²) in [5, 5.41) is 1.88. The summed E-state index contributed by atoms with van der Waals surface area (Å²) in [6, 6.07) is 16.3. The molecule has 1 aromatic heterocycles. The first-order chi connectivity index (χ1) is 15.6. The third-order valence-electron chi connectivity index (χ3n) is 6.86. The molecule has 168 valence electrons. The molecule has 0 unspecified atom stereocenters. The summed E-state index contributed by atoms with van der Waals surface area (Å²) in [5.74, 6) is -0.373. The van der Waals surface area contributed by atoms with Crippen molar-refractivity contribution in [3.8, 4) is 0 Å². The minimum Gasteiger partial charge on any atom is -0.347 e. The number of fused-ring (bicyclic) bond motifs is 1. The lowest BCUT2D eigenvalue weighted by Gasteiger charge is -2.38. The van der Waals surface area contributed by atoms with Gasteiger partial charge in [-0.25, -0.2) is 0 Å². The Morgan fingerprint density at radius 3 is 2.56 bits per heavy atom. The number of likely N-dealkylation sites (tertiary alicyclic amines) is 1. The molecule has 5 nitrogen and oxygen atoms in total. The fraction of sp³-hybridized carbons (Fsp3) is 0.423.